The van der Waals surface area contributed by atoms with E-state index >= 15 is 0 Å². The molecule has 4 heteroatoms. The number of ketones is 1. The van der Waals surface area contributed by atoms with Gasteiger partial charge in [0.05, 0.1) is 11.2 Å². The van der Waals surface area contributed by atoms with E-state index in [4.69, 9.17) is 0 Å². The Morgan fingerprint density at radius 3 is 2.71 bits per heavy atom. The fraction of sp³-hybridized carbons (Fsp3) is 0.235. The summed E-state index contributed by atoms with van der Waals surface area (Å²) in [7, 11) is 1.80. The van der Waals surface area contributed by atoms with Gasteiger partial charge in [0, 0.05) is 23.7 Å². The third-order valence-corrected chi connectivity index (χ3v) is 3.62. The maximum absolute atomic E-state index is 12.6. The van der Waals surface area contributed by atoms with Crippen molar-refractivity contribution in [2.75, 3.05) is 0 Å². The van der Waals surface area contributed by atoms with Crippen LogP contribution in [0.5, 0.6) is 0 Å². The fourth-order valence-electron chi connectivity index (χ4n) is 2.43. The molecule has 2 aromatic heterocycles. The molecule has 0 saturated heterocycles. The second-order valence-corrected chi connectivity index (χ2v) is 5.19. The van der Waals surface area contributed by atoms with Gasteiger partial charge in [-0.15, -0.1) is 0 Å². The second kappa shape index (κ2) is 5.13. The number of pyridine rings is 1. The van der Waals surface area contributed by atoms with Crippen LogP contribution in [0.2, 0.25) is 0 Å². The number of hydrogen-bond acceptors (Lipinski definition) is 3. The maximum atomic E-state index is 12.6. The van der Waals surface area contributed by atoms with Crippen molar-refractivity contribution >= 4 is 16.7 Å². The van der Waals surface area contributed by atoms with Gasteiger partial charge in [0.25, 0.3) is 0 Å². The monoisotopic (exact) mass is 279 g/mol. The lowest BCUT2D eigenvalue weighted by Crippen LogP contribution is -2.08. The van der Waals surface area contributed by atoms with E-state index in [2.05, 4.69) is 10.1 Å². The molecular weight excluding hydrogens is 262 g/mol. The van der Waals surface area contributed by atoms with Crippen LogP contribution < -0.4 is 0 Å². The first-order valence-corrected chi connectivity index (χ1v) is 7.03. The Bertz CT molecular complexity index is 833. The fourth-order valence-corrected chi connectivity index (χ4v) is 2.43. The lowest BCUT2D eigenvalue weighted by Gasteiger charge is -2.04. The molecule has 0 fully saturated rings. The van der Waals surface area contributed by atoms with Crippen molar-refractivity contribution in [3.05, 3.63) is 59.0 Å². The predicted molar refractivity (Wildman–Crippen MR) is 82.5 cm³/mol. The van der Waals surface area contributed by atoms with Crippen LogP contribution in [-0.4, -0.2) is 20.5 Å². The lowest BCUT2D eigenvalue weighted by atomic mass is 10.0. The third kappa shape index (κ3) is 2.44. The van der Waals surface area contributed by atoms with Crippen molar-refractivity contribution < 1.29 is 4.79 Å². The molecule has 0 bridgehead atoms. The highest BCUT2D eigenvalue weighted by Gasteiger charge is 2.15. The number of fused-ring (bicyclic) bond motifs is 1. The topological polar surface area (TPSA) is 47.8 Å². The molecule has 3 rings (SSSR count). The quantitative estimate of drug-likeness (QED) is 0.692. The summed E-state index contributed by atoms with van der Waals surface area (Å²) >= 11 is 0. The van der Waals surface area contributed by atoms with E-state index in [-0.39, 0.29) is 5.78 Å². The summed E-state index contributed by atoms with van der Waals surface area (Å²) in [5.74, 6) is -0.00725. The Hall–Kier alpha value is -2.49. The van der Waals surface area contributed by atoms with E-state index in [0.717, 1.165) is 28.7 Å². The normalized spacial score (nSPS) is 11.0. The molecule has 4 nitrogen and oxygen atoms in total. The minimum Gasteiger partial charge on any atom is -0.287 e. The molecule has 0 radical (unpaired) electrons. The third-order valence-electron chi connectivity index (χ3n) is 3.62. The predicted octanol–water partition coefficient (Wildman–Crippen LogP) is 3.07. The number of benzene rings is 1. The van der Waals surface area contributed by atoms with Crippen LogP contribution in [0.25, 0.3) is 10.9 Å². The van der Waals surface area contributed by atoms with Crippen LogP contribution >= 0.6 is 0 Å². The van der Waals surface area contributed by atoms with E-state index in [0.29, 0.717) is 11.3 Å². The van der Waals surface area contributed by atoms with Gasteiger partial charge in [-0.3, -0.25) is 14.5 Å². The molecule has 0 N–H and O–H groups in total. The molecule has 0 atom stereocenters. The van der Waals surface area contributed by atoms with Crippen LogP contribution in [0.3, 0.4) is 0 Å². The first kappa shape index (κ1) is 13.5. The molecule has 2 heterocycles. The zero-order valence-corrected chi connectivity index (χ0v) is 12.4. The standard InChI is InChI=1S/C17H17N3O/c1-4-14-10-16(20(3)19-14)17(21)13-7-8-15-12(9-13)6-5-11(2)18-15/h5-10H,4H2,1-3H3. The molecule has 0 amide bonds. The number of rotatable bonds is 3. The summed E-state index contributed by atoms with van der Waals surface area (Å²) in [5, 5.41) is 5.31. The molecule has 0 aliphatic carbocycles. The molecular formula is C17H17N3O. The number of nitrogens with zero attached hydrogens (tertiary/aromatic N) is 3. The first-order valence-electron chi connectivity index (χ1n) is 7.03. The van der Waals surface area contributed by atoms with Gasteiger partial charge < -0.3 is 0 Å². The van der Waals surface area contributed by atoms with Crippen LogP contribution in [-0.2, 0) is 13.5 Å². The van der Waals surface area contributed by atoms with Crippen molar-refractivity contribution in [2.45, 2.75) is 20.3 Å². The summed E-state index contributed by atoms with van der Waals surface area (Å²) in [6.45, 7) is 3.99. The number of carbonyl (C=O) groups excluding carboxylic acids is 1. The molecule has 0 aliphatic rings. The summed E-state index contributed by atoms with van der Waals surface area (Å²) in [6.07, 6.45) is 0.821. The van der Waals surface area contributed by atoms with Gasteiger partial charge in [-0.05, 0) is 43.7 Å². The zero-order valence-electron chi connectivity index (χ0n) is 12.4. The van der Waals surface area contributed by atoms with Gasteiger partial charge in [-0.2, -0.15) is 5.10 Å². The van der Waals surface area contributed by atoms with Crippen molar-refractivity contribution in [3.8, 4) is 0 Å². The Kier molecular flexibility index (Phi) is 3.29. The van der Waals surface area contributed by atoms with E-state index < -0.39 is 0 Å². The highest BCUT2D eigenvalue weighted by Crippen LogP contribution is 2.18. The van der Waals surface area contributed by atoms with E-state index in [1.165, 1.54) is 0 Å². The minimum atomic E-state index is -0.00725. The van der Waals surface area contributed by atoms with Gasteiger partial charge in [0.1, 0.15) is 5.69 Å². The number of aromatic nitrogens is 3. The smallest absolute Gasteiger partial charge is 0.211 e. The van der Waals surface area contributed by atoms with Crippen molar-refractivity contribution in [3.63, 3.8) is 0 Å². The maximum Gasteiger partial charge on any atom is 0.211 e. The zero-order chi connectivity index (χ0) is 15.0. The van der Waals surface area contributed by atoms with Gasteiger partial charge >= 0.3 is 0 Å². The van der Waals surface area contributed by atoms with Gasteiger partial charge in [-0.1, -0.05) is 13.0 Å². The van der Waals surface area contributed by atoms with Crippen molar-refractivity contribution in [1.29, 1.82) is 0 Å². The van der Waals surface area contributed by atoms with Crippen LogP contribution in [0, 0.1) is 6.92 Å². The highest BCUT2D eigenvalue weighted by molar-refractivity contribution is 6.09. The second-order valence-electron chi connectivity index (χ2n) is 5.19. The van der Waals surface area contributed by atoms with E-state index in [9.17, 15) is 4.79 Å². The number of aryl methyl sites for hydroxylation is 3. The van der Waals surface area contributed by atoms with Crippen molar-refractivity contribution in [2.24, 2.45) is 7.05 Å². The first-order chi connectivity index (χ1) is 10.1. The SMILES string of the molecule is CCc1cc(C(=O)c2ccc3nc(C)ccc3c2)n(C)n1. The van der Waals surface area contributed by atoms with Crippen LogP contribution in [0.4, 0.5) is 0 Å². The molecule has 1 aromatic carbocycles. The van der Waals surface area contributed by atoms with E-state index in [1.807, 2.05) is 50.2 Å². The Balaban J connectivity index is 2.04. The highest BCUT2D eigenvalue weighted by atomic mass is 16.1. The molecule has 21 heavy (non-hydrogen) atoms. The van der Waals surface area contributed by atoms with Crippen LogP contribution in [0.15, 0.2) is 36.4 Å². The van der Waals surface area contributed by atoms with E-state index in [1.54, 1.807) is 11.7 Å². The summed E-state index contributed by atoms with van der Waals surface area (Å²) < 4.78 is 1.65. The minimum absolute atomic E-state index is 0.00725. The Morgan fingerprint density at radius 1 is 1.19 bits per heavy atom. The number of hydrogen-bond donors (Lipinski definition) is 0. The average Bonchev–Trinajstić information content (AvgIpc) is 2.87. The summed E-state index contributed by atoms with van der Waals surface area (Å²) in [4.78, 5) is 17.1. The Morgan fingerprint density at radius 2 is 2.00 bits per heavy atom. The van der Waals surface area contributed by atoms with Gasteiger partial charge in [0.2, 0.25) is 5.78 Å². The van der Waals surface area contributed by atoms with Gasteiger partial charge in [-0.25, -0.2) is 0 Å². The average molecular weight is 279 g/mol. The van der Waals surface area contributed by atoms with Crippen molar-refractivity contribution in [1.82, 2.24) is 14.8 Å². The molecule has 0 spiro atoms. The van der Waals surface area contributed by atoms with Crippen LogP contribution in [0.1, 0.15) is 34.4 Å². The number of carbonyl (C=O) groups is 1. The summed E-state index contributed by atoms with van der Waals surface area (Å²) in [6, 6.07) is 11.4. The summed E-state index contributed by atoms with van der Waals surface area (Å²) in [5.41, 5.74) is 4.09. The molecule has 0 saturated carbocycles. The Labute approximate surface area is 123 Å². The molecule has 3 aromatic rings. The van der Waals surface area contributed by atoms with Gasteiger partial charge in [0.15, 0.2) is 0 Å². The lowest BCUT2D eigenvalue weighted by molar-refractivity contribution is 0.103. The molecule has 0 unspecified atom stereocenters. The molecule has 106 valence electrons. The largest absolute Gasteiger partial charge is 0.287 e. The molecule has 0 aliphatic heterocycles.